The molecule has 0 aromatic heterocycles. The lowest BCUT2D eigenvalue weighted by molar-refractivity contribution is -0.111. The zero-order valence-electron chi connectivity index (χ0n) is 12.2. The number of ether oxygens (including phenoxy) is 4. The molecular formula is C14H28O5. The van der Waals surface area contributed by atoms with Gasteiger partial charge in [0.15, 0.2) is 6.29 Å². The summed E-state index contributed by atoms with van der Waals surface area (Å²) < 4.78 is 20.6. The van der Waals surface area contributed by atoms with E-state index in [1.54, 1.807) is 0 Å². The molecular weight excluding hydrogens is 248 g/mol. The second-order valence-corrected chi connectivity index (χ2v) is 4.27. The van der Waals surface area contributed by atoms with Crippen molar-refractivity contribution in [1.29, 1.82) is 0 Å². The van der Waals surface area contributed by atoms with Crippen LogP contribution in [0.3, 0.4) is 0 Å². The number of hydrogen-bond donors (Lipinski definition) is 1. The smallest absolute Gasteiger partial charge is 0.188 e. The van der Waals surface area contributed by atoms with Crippen LogP contribution < -0.4 is 0 Å². The van der Waals surface area contributed by atoms with Crippen molar-refractivity contribution >= 4 is 0 Å². The van der Waals surface area contributed by atoms with Gasteiger partial charge in [-0.05, 0) is 25.7 Å². The van der Waals surface area contributed by atoms with Gasteiger partial charge in [0.2, 0.25) is 0 Å². The summed E-state index contributed by atoms with van der Waals surface area (Å²) in [6.07, 6.45) is 3.33. The van der Waals surface area contributed by atoms with Crippen molar-refractivity contribution in [3.05, 3.63) is 12.3 Å². The second kappa shape index (κ2) is 13.8. The summed E-state index contributed by atoms with van der Waals surface area (Å²) in [7, 11) is 1.41. The van der Waals surface area contributed by atoms with Crippen molar-refractivity contribution in [1.82, 2.24) is 0 Å². The average molecular weight is 276 g/mol. The molecule has 0 heterocycles. The molecule has 0 saturated carbocycles. The molecule has 0 aromatic carbocycles. The van der Waals surface area contributed by atoms with Gasteiger partial charge in [0.1, 0.15) is 19.0 Å². The molecule has 0 fully saturated rings. The molecule has 114 valence electrons. The first-order chi connectivity index (χ1) is 9.20. The molecule has 0 bridgehead atoms. The lowest BCUT2D eigenvalue weighted by atomic mass is 10.2. The Balaban J connectivity index is 3.18. The van der Waals surface area contributed by atoms with E-state index in [-0.39, 0.29) is 6.61 Å². The van der Waals surface area contributed by atoms with E-state index >= 15 is 0 Å². The molecule has 1 N–H and O–H groups in total. The number of unbranched alkanes of at least 4 members (excludes halogenated alkanes) is 2. The van der Waals surface area contributed by atoms with E-state index in [1.165, 1.54) is 7.11 Å². The normalized spacial score (nSPS) is 12.4. The van der Waals surface area contributed by atoms with Gasteiger partial charge >= 0.3 is 0 Å². The van der Waals surface area contributed by atoms with Gasteiger partial charge in [-0.15, -0.1) is 0 Å². The van der Waals surface area contributed by atoms with Gasteiger partial charge in [-0.2, -0.15) is 0 Å². The summed E-state index contributed by atoms with van der Waals surface area (Å²) >= 11 is 0. The van der Waals surface area contributed by atoms with E-state index in [9.17, 15) is 0 Å². The van der Waals surface area contributed by atoms with Gasteiger partial charge in [-0.25, -0.2) is 0 Å². The van der Waals surface area contributed by atoms with Crippen molar-refractivity contribution in [2.75, 3.05) is 40.1 Å². The molecule has 0 saturated heterocycles. The van der Waals surface area contributed by atoms with E-state index in [0.29, 0.717) is 19.0 Å². The summed E-state index contributed by atoms with van der Waals surface area (Å²) in [5, 5.41) is 9.10. The van der Waals surface area contributed by atoms with Crippen molar-refractivity contribution in [2.45, 2.75) is 38.9 Å². The van der Waals surface area contributed by atoms with Crippen LogP contribution in [-0.4, -0.2) is 51.5 Å². The van der Waals surface area contributed by atoms with E-state index in [1.807, 2.05) is 0 Å². The lowest BCUT2D eigenvalue weighted by Crippen LogP contribution is -2.17. The summed E-state index contributed by atoms with van der Waals surface area (Å²) in [5.74, 6) is 0.502. The predicted molar refractivity (Wildman–Crippen MR) is 73.9 cm³/mol. The number of aliphatic hydroxyl groups is 1. The first kappa shape index (κ1) is 18.4. The Morgan fingerprint density at radius 1 is 1.11 bits per heavy atom. The highest BCUT2D eigenvalue weighted by Crippen LogP contribution is 2.00. The molecule has 0 aliphatic rings. The third-order valence-corrected chi connectivity index (χ3v) is 2.39. The molecule has 0 aliphatic carbocycles. The van der Waals surface area contributed by atoms with E-state index < -0.39 is 6.29 Å². The van der Waals surface area contributed by atoms with Gasteiger partial charge in [0.25, 0.3) is 0 Å². The maximum Gasteiger partial charge on any atom is 0.188 e. The fraction of sp³-hybridized carbons (Fsp3) is 0.857. The molecule has 5 heteroatoms. The van der Waals surface area contributed by atoms with Gasteiger partial charge in [0, 0.05) is 26.9 Å². The van der Waals surface area contributed by atoms with Crippen molar-refractivity contribution in [2.24, 2.45) is 0 Å². The highest BCUT2D eigenvalue weighted by Gasteiger charge is 2.03. The molecule has 5 nitrogen and oxygen atoms in total. The number of aliphatic hydroxyl groups excluding tert-OH is 1. The van der Waals surface area contributed by atoms with Crippen LogP contribution >= 0.6 is 0 Å². The van der Waals surface area contributed by atoms with E-state index in [2.05, 4.69) is 18.2 Å². The van der Waals surface area contributed by atoms with Crippen molar-refractivity contribution in [3.63, 3.8) is 0 Å². The van der Waals surface area contributed by atoms with Gasteiger partial charge in [0.05, 0.1) is 0 Å². The highest BCUT2D eigenvalue weighted by molar-refractivity contribution is 4.81. The average Bonchev–Trinajstić information content (AvgIpc) is 2.42. The van der Waals surface area contributed by atoms with Crippen LogP contribution in [0.4, 0.5) is 0 Å². The Bertz CT molecular complexity index is 208. The number of rotatable bonds is 14. The van der Waals surface area contributed by atoms with Crippen LogP contribution in [0.25, 0.3) is 0 Å². The summed E-state index contributed by atoms with van der Waals surface area (Å²) in [6, 6.07) is 0. The number of hydrogen-bond acceptors (Lipinski definition) is 5. The molecule has 1 unspecified atom stereocenters. The first-order valence-electron chi connectivity index (χ1n) is 6.87. The summed E-state index contributed by atoms with van der Waals surface area (Å²) in [4.78, 5) is 0. The minimum Gasteiger partial charge on any atom is -0.491 e. The van der Waals surface area contributed by atoms with Crippen LogP contribution in [0.2, 0.25) is 0 Å². The molecule has 0 spiro atoms. The minimum atomic E-state index is -0.917. The Hall–Kier alpha value is -0.620. The van der Waals surface area contributed by atoms with Crippen molar-refractivity contribution < 1.29 is 24.1 Å². The topological polar surface area (TPSA) is 57.2 Å². The molecule has 0 aliphatic heterocycles. The van der Waals surface area contributed by atoms with Gasteiger partial charge in [-0.1, -0.05) is 13.5 Å². The largest absolute Gasteiger partial charge is 0.491 e. The quantitative estimate of drug-likeness (QED) is 0.299. The highest BCUT2D eigenvalue weighted by atomic mass is 16.6. The third kappa shape index (κ3) is 13.6. The van der Waals surface area contributed by atoms with Crippen LogP contribution in [0.1, 0.15) is 32.6 Å². The molecule has 19 heavy (non-hydrogen) atoms. The second-order valence-electron chi connectivity index (χ2n) is 4.27. The molecule has 0 radical (unpaired) electrons. The fourth-order valence-corrected chi connectivity index (χ4v) is 1.32. The van der Waals surface area contributed by atoms with Crippen LogP contribution in [0.15, 0.2) is 12.3 Å². The SMILES string of the molecule is C=C(COCCCCCOCCC)OCC(O)OC. The number of methoxy groups -OCH3 is 1. The summed E-state index contributed by atoms with van der Waals surface area (Å²) in [6.45, 7) is 8.59. The lowest BCUT2D eigenvalue weighted by Gasteiger charge is -2.12. The van der Waals surface area contributed by atoms with E-state index in [0.717, 1.165) is 38.9 Å². The monoisotopic (exact) mass is 276 g/mol. The van der Waals surface area contributed by atoms with Crippen LogP contribution in [0.5, 0.6) is 0 Å². The van der Waals surface area contributed by atoms with E-state index in [4.69, 9.17) is 19.3 Å². The molecule has 0 rings (SSSR count). The zero-order valence-corrected chi connectivity index (χ0v) is 12.2. The third-order valence-electron chi connectivity index (χ3n) is 2.39. The maximum atomic E-state index is 9.10. The van der Waals surface area contributed by atoms with Gasteiger partial charge in [-0.3, -0.25) is 0 Å². The van der Waals surface area contributed by atoms with Crippen LogP contribution in [0, 0.1) is 0 Å². The van der Waals surface area contributed by atoms with Crippen LogP contribution in [-0.2, 0) is 18.9 Å². The van der Waals surface area contributed by atoms with Gasteiger partial charge < -0.3 is 24.1 Å². The molecule has 1 atom stereocenters. The Morgan fingerprint density at radius 3 is 2.42 bits per heavy atom. The fourth-order valence-electron chi connectivity index (χ4n) is 1.32. The summed E-state index contributed by atoms with van der Waals surface area (Å²) in [5.41, 5.74) is 0. The Labute approximate surface area is 116 Å². The zero-order chi connectivity index (χ0) is 14.3. The molecule has 0 aromatic rings. The molecule has 0 amide bonds. The van der Waals surface area contributed by atoms with Crippen molar-refractivity contribution in [3.8, 4) is 0 Å². The first-order valence-corrected chi connectivity index (χ1v) is 6.87. The Morgan fingerprint density at radius 2 is 1.79 bits per heavy atom. The minimum absolute atomic E-state index is 0.0768. The Kier molecular flexibility index (Phi) is 13.4. The maximum absolute atomic E-state index is 9.10. The predicted octanol–water partition coefficient (Wildman–Crippen LogP) is 2.09. The standard InChI is InChI=1S/C14H28O5/c1-4-8-17-9-6-5-7-10-18-11-13(2)19-12-14(15)16-3/h14-15H,2,4-12H2,1,3H3.